The van der Waals surface area contributed by atoms with Crippen LogP contribution < -0.4 is 4.74 Å². The first-order valence-corrected chi connectivity index (χ1v) is 5.64. The number of hydrogen-bond donors (Lipinski definition) is 1. The van der Waals surface area contributed by atoms with E-state index >= 15 is 0 Å². The van der Waals surface area contributed by atoms with E-state index in [1.54, 1.807) is 0 Å². The average molecular weight is 253 g/mol. The quantitative estimate of drug-likeness (QED) is 0.375. The van der Waals surface area contributed by atoms with Crippen LogP contribution in [0.4, 0.5) is 10.5 Å². The Balaban J connectivity index is 3.16. The third kappa shape index (κ3) is 3.44. The highest BCUT2D eigenvalue weighted by molar-refractivity contribution is 5.63. The van der Waals surface area contributed by atoms with Gasteiger partial charge in [-0.2, -0.15) is 0 Å². The van der Waals surface area contributed by atoms with Crippen molar-refractivity contribution < 1.29 is 19.6 Å². The zero-order valence-electron chi connectivity index (χ0n) is 10.3. The lowest BCUT2D eigenvalue weighted by Crippen LogP contribution is -2.07. The first-order chi connectivity index (χ1) is 8.45. The van der Waals surface area contributed by atoms with Gasteiger partial charge >= 0.3 is 6.16 Å². The zero-order valence-corrected chi connectivity index (χ0v) is 10.3. The van der Waals surface area contributed by atoms with Gasteiger partial charge in [0.2, 0.25) is 0 Å². The standard InChI is InChI=1S/C12H15NO5/c1-3-4-8(2)10-7-9(13(16)17)5-6-11(10)18-12(14)15/h5-8H,3-4H2,1-2H3,(H,14,15). The Morgan fingerprint density at radius 3 is 2.72 bits per heavy atom. The molecule has 0 radical (unpaired) electrons. The van der Waals surface area contributed by atoms with Crippen LogP contribution in [0.15, 0.2) is 18.2 Å². The summed E-state index contributed by atoms with van der Waals surface area (Å²) in [6.07, 6.45) is 0.279. The van der Waals surface area contributed by atoms with E-state index < -0.39 is 11.1 Å². The first-order valence-electron chi connectivity index (χ1n) is 5.64. The van der Waals surface area contributed by atoms with Gasteiger partial charge in [0.25, 0.3) is 5.69 Å². The highest BCUT2D eigenvalue weighted by atomic mass is 16.7. The van der Waals surface area contributed by atoms with Gasteiger partial charge in [0.1, 0.15) is 5.75 Å². The van der Waals surface area contributed by atoms with Gasteiger partial charge in [0.05, 0.1) is 4.92 Å². The highest BCUT2D eigenvalue weighted by Crippen LogP contribution is 2.32. The summed E-state index contributed by atoms with van der Waals surface area (Å²) >= 11 is 0. The van der Waals surface area contributed by atoms with Crippen molar-refractivity contribution in [3.05, 3.63) is 33.9 Å². The molecule has 1 aromatic carbocycles. The molecule has 1 N–H and O–H groups in total. The van der Waals surface area contributed by atoms with Crippen molar-refractivity contribution in [2.24, 2.45) is 0 Å². The van der Waals surface area contributed by atoms with E-state index in [1.807, 2.05) is 13.8 Å². The van der Waals surface area contributed by atoms with Gasteiger partial charge < -0.3 is 9.84 Å². The SMILES string of the molecule is CCCC(C)c1cc([N+](=O)[O-])ccc1OC(=O)O. The van der Waals surface area contributed by atoms with Crippen molar-refractivity contribution in [2.45, 2.75) is 32.6 Å². The number of benzene rings is 1. The monoisotopic (exact) mass is 253 g/mol. The van der Waals surface area contributed by atoms with E-state index in [9.17, 15) is 14.9 Å². The number of carbonyl (C=O) groups is 1. The molecule has 0 aliphatic carbocycles. The number of hydrogen-bond acceptors (Lipinski definition) is 4. The molecule has 1 aromatic rings. The maximum Gasteiger partial charge on any atom is 0.511 e. The molecular formula is C12H15NO5. The van der Waals surface area contributed by atoms with E-state index in [0.29, 0.717) is 5.56 Å². The van der Waals surface area contributed by atoms with Gasteiger partial charge in [0.15, 0.2) is 0 Å². The number of rotatable bonds is 5. The van der Waals surface area contributed by atoms with Crippen LogP contribution in [-0.2, 0) is 0 Å². The summed E-state index contributed by atoms with van der Waals surface area (Å²) in [6.45, 7) is 3.88. The lowest BCUT2D eigenvalue weighted by molar-refractivity contribution is -0.385. The van der Waals surface area contributed by atoms with Crippen LogP contribution in [0.3, 0.4) is 0 Å². The molecular weight excluding hydrogens is 238 g/mol. The molecule has 0 fully saturated rings. The summed E-state index contributed by atoms with van der Waals surface area (Å²) in [5.74, 6) is 0.165. The molecule has 1 unspecified atom stereocenters. The predicted molar refractivity (Wildman–Crippen MR) is 65.1 cm³/mol. The van der Waals surface area contributed by atoms with Crippen molar-refractivity contribution in [3.63, 3.8) is 0 Å². The second-order valence-corrected chi connectivity index (χ2v) is 4.04. The number of nitro benzene ring substituents is 1. The largest absolute Gasteiger partial charge is 0.511 e. The zero-order chi connectivity index (χ0) is 13.7. The first kappa shape index (κ1) is 14.0. The lowest BCUT2D eigenvalue weighted by atomic mass is 9.95. The van der Waals surface area contributed by atoms with Gasteiger partial charge in [-0.3, -0.25) is 10.1 Å². The Hall–Kier alpha value is -2.11. The summed E-state index contributed by atoms with van der Waals surface area (Å²) in [5, 5.41) is 19.3. The van der Waals surface area contributed by atoms with E-state index in [1.165, 1.54) is 18.2 Å². The van der Waals surface area contributed by atoms with Crippen LogP contribution in [0.1, 0.15) is 38.2 Å². The molecule has 0 amide bonds. The van der Waals surface area contributed by atoms with Crippen LogP contribution in [-0.4, -0.2) is 16.2 Å². The molecule has 0 spiro atoms. The van der Waals surface area contributed by atoms with Crippen LogP contribution in [0, 0.1) is 10.1 Å². The summed E-state index contributed by atoms with van der Waals surface area (Å²) < 4.78 is 4.64. The smallest absolute Gasteiger partial charge is 0.449 e. The Bertz CT molecular complexity index is 458. The fourth-order valence-electron chi connectivity index (χ4n) is 1.81. The number of nitro groups is 1. The minimum absolute atomic E-state index is 0.00394. The number of nitrogens with zero attached hydrogens (tertiary/aromatic N) is 1. The Kier molecular flexibility index (Phi) is 4.65. The van der Waals surface area contributed by atoms with Crippen molar-refractivity contribution in [3.8, 4) is 5.75 Å². The third-order valence-corrected chi connectivity index (χ3v) is 2.65. The van der Waals surface area contributed by atoms with Crippen molar-refractivity contribution in [1.29, 1.82) is 0 Å². The molecule has 0 aromatic heterocycles. The fraction of sp³-hybridized carbons (Fsp3) is 0.417. The van der Waals surface area contributed by atoms with E-state index in [0.717, 1.165) is 12.8 Å². The van der Waals surface area contributed by atoms with Crippen LogP contribution in [0.2, 0.25) is 0 Å². The minimum atomic E-state index is -1.42. The number of carboxylic acid groups (broad SMARTS) is 1. The van der Waals surface area contributed by atoms with Gasteiger partial charge in [-0.15, -0.1) is 0 Å². The lowest BCUT2D eigenvalue weighted by Gasteiger charge is -2.14. The van der Waals surface area contributed by atoms with E-state index in [2.05, 4.69) is 4.74 Å². The molecule has 98 valence electrons. The van der Waals surface area contributed by atoms with Crippen molar-refractivity contribution >= 4 is 11.8 Å². The average Bonchev–Trinajstić information content (AvgIpc) is 2.28. The summed E-state index contributed by atoms with van der Waals surface area (Å²) in [5.41, 5.74) is 0.485. The highest BCUT2D eigenvalue weighted by Gasteiger charge is 2.18. The molecule has 0 heterocycles. The minimum Gasteiger partial charge on any atom is -0.449 e. The third-order valence-electron chi connectivity index (χ3n) is 2.65. The van der Waals surface area contributed by atoms with Crippen molar-refractivity contribution in [1.82, 2.24) is 0 Å². The molecule has 0 bridgehead atoms. The Morgan fingerprint density at radius 2 is 2.22 bits per heavy atom. The molecule has 6 heteroatoms. The normalized spacial score (nSPS) is 11.9. The van der Waals surface area contributed by atoms with Crippen LogP contribution in [0.5, 0.6) is 5.75 Å². The van der Waals surface area contributed by atoms with Gasteiger partial charge in [0, 0.05) is 17.7 Å². The van der Waals surface area contributed by atoms with Crippen molar-refractivity contribution in [2.75, 3.05) is 0 Å². The summed E-state index contributed by atoms with van der Waals surface area (Å²) in [4.78, 5) is 20.8. The van der Waals surface area contributed by atoms with Crippen LogP contribution >= 0.6 is 0 Å². The topological polar surface area (TPSA) is 89.7 Å². The van der Waals surface area contributed by atoms with Gasteiger partial charge in [-0.05, 0) is 18.4 Å². The van der Waals surface area contributed by atoms with Gasteiger partial charge in [-0.25, -0.2) is 4.79 Å². The molecule has 0 aliphatic heterocycles. The molecule has 18 heavy (non-hydrogen) atoms. The maximum absolute atomic E-state index is 10.7. The Morgan fingerprint density at radius 1 is 1.56 bits per heavy atom. The number of non-ortho nitro benzene ring substituents is 1. The van der Waals surface area contributed by atoms with Crippen LogP contribution in [0.25, 0.3) is 0 Å². The fourth-order valence-corrected chi connectivity index (χ4v) is 1.81. The molecule has 0 aliphatic rings. The predicted octanol–water partition coefficient (Wildman–Crippen LogP) is 3.56. The second-order valence-electron chi connectivity index (χ2n) is 4.04. The molecule has 0 saturated heterocycles. The summed E-state index contributed by atoms with van der Waals surface area (Å²) in [6, 6.07) is 3.94. The van der Waals surface area contributed by atoms with E-state index in [4.69, 9.17) is 5.11 Å². The molecule has 1 rings (SSSR count). The van der Waals surface area contributed by atoms with Gasteiger partial charge in [-0.1, -0.05) is 20.3 Å². The molecule has 0 saturated carbocycles. The maximum atomic E-state index is 10.7. The van der Waals surface area contributed by atoms with E-state index in [-0.39, 0.29) is 17.4 Å². The summed E-state index contributed by atoms with van der Waals surface area (Å²) in [7, 11) is 0. The second kappa shape index (κ2) is 6.00. The molecule has 1 atom stereocenters. The number of ether oxygens (including phenoxy) is 1. The molecule has 6 nitrogen and oxygen atoms in total. The Labute approximate surface area is 104 Å².